The molecule has 1 atom stereocenters. The highest BCUT2D eigenvalue weighted by Crippen LogP contribution is 2.24. The minimum atomic E-state index is 0.259. The molecule has 0 saturated carbocycles. The predicted molar refractivity (Wildman–Crippen MR) is 85.7 cm³/mol. The van der Waals surface area contributed by atoms with E-state index < -0.39 is 0 Å². The van der Waals surface area contributed by atoms with Gasteiger partial charge >= 0.3 is 0 Å². The van der Waals surface area contributed by atoms with Crippen LogP contribution in [0, 0.1) is 0 Å². The highest BCUT2D eigenvalue weighted by molar-refractivity contribution is 9.10. The molecule has 20 heavy (non-hydrogen) atoms. The molecule has 4 heteroatoms. The van der Waals surface area contributed by atoms with E-state index in [1.807, 2.05) is 13.2 Å². The summed E-state index contributed by atoms with van der Waals surface area (Å²) in [6.07, 6.45) is 4.51. The highest BCUT2D eigenvalue weighted by Gasteiger charge is 2.12. The Labute approximate surface area is 126 Å². The number of aromatic amines is 1. The van der Waals surface area contributed by atoms with Gasteiger partial charge in [-0.2, -0.15) is 0 Å². The molecule has 0 aliphatic heterocycles. The molecule has 0 bridgehead atoms. The molecule has 0 saturated heterocycles. The normalized spacial score (nSPS) is 12.7. The number of nitrogens with zero attached hydrogens (tertiary/aromatic N) is 1. The molecule has 2 aromatic carbocycles. The lowest BCUT2D eigenvalue weighted by Crippen LogP contribution is -2.19. The summed E-state index contributed by atoms with van der Waals surface area (Å²) >= 11 is 3.51. The second-order valence-corrected chi connectivity index (χ2v) is 5.75. The molecule has 0 aliphatic carbocycles. The fourth-order valence-electron chi connectivity index (χ4n) is 2.44. The summed E-state index contributed by atoms with van der Waals surface area (Å²) in [7, 11) is 1.99. The number of fused-ring (bicyclic) bond motifs is 1. The Bertz CT molecular complexity index is 707. The molecule has 3 rings (SSSR count). The Morgan fingerprint density at radius 3 is 2.75 bits per heavy atom. The van der Waals surface area contributed by atoms with Crippen molar-refractivity contribution in [3.05, 3.63) is 64.7 Å². The molecule has 0 amide bonds. The number of aromatic nitrogens is 2. The Balaban J connectivity index is 1.93. The van der Waals surface area contributed by atoms with Crippen LogP contribution in [0.2, 0.25) is 0 Å². The van der Waals surface area contributed by atoms with E-state index >= 15 is 0 Å². The fourth-order valence-corrected chi connectivity index (χ4v) is 2.82. The van der Waals surface area contributed by atoms with E-state index in [9.17, 15) is 0 Å². The molecule has 0 aliphatic rings. The van der Waals surface area contributed by atoms with Crippen molar-refractivity contribution in [2.45, 2.75) is 12.5 Å². The standard InChI is InChI=1S/C16H16BrN3/c1-18-15(10-16-19-6-7-20-16)13-3-2-12-9-14(17)5-4-11(12)8-13/h2-9,15,18H,10H2,1H3,(H,19,20). The largest absolute Gasteiger partial charge is 0.349 e. The number of hydrogen-bond donors (Lipinski definition) is 2. The van der Waals surface area contributed by atoms with Crippen LogP contribution in [0.3, 0.4) is 0 Å². The predicted octanol–water partition coefficient (Wildman–Crippen LogP) is 3.83. The first-order valence-electron chi connectivity index (χ1n) is 6.61. The van der Waals surface area contributed by atoms with Gasteiger partial charge in [0.2, 0.25) is 0 Å². The Hall–Kier alpha value is -1.65. The number of H-pyrrole nitrogens is 1. The molecule has 1 aromatic heterocycles. The third kappa shape index (κ3) is 2.76. The second-order valence-electron chi connectivity index (χ2n) is 4.83. The van der Waals surface area contributed by atoms with Gasteiger partial charge < -0.3 is 10.3 Å². The third-order valence-corrected chi connectivity index (χ3v) is 4.02. The lowest BCUT2D eigenvalue weighted by molar-refractivity contribution is 0.578. The second kappa shape index (κ2) is 5.77. The Morgan fingerprint density at radius 1 is 1.20 bits per heavy atom. The maximum atomic E-state index is 4.30. The third-order valence-electron chi connectivity index (χ3n) is 3.53. The van der Waals surface area contributed by atoms with E-state index in [1.165, 1.54) is 16.3 Å². The van der Waals surface area contributed by atoms with Gasteiger partial charge in [0.1, 0.15) is 5.82 Å². The first kappa shape index (κ1) is 13.3. The average molecular weight is 330 g/mol. The topological polar surface area (TPSA) is 40.7 Å². The average Bonchev–Trinajstić information content (AvgIpc) is 2.97. The van der Waals surface area contributed by atoms with Gasteiger partial charge in [0.25, 0.3) is 0 Å². The zero-order valence-corrected chi connectivity index (χ0v) is 12.8. The van der Waals surface area contributed by atoms with E-state index in [0.29, 0.717) is 0 Å². The first-order chi connectivity index (χ1) is 9.76. The van der Waals surface area contributed by atoms with Crippen molar-refractivity contribution < 1.29 is 0 Å². The van der Waals surface area contributed by atoms with E-state index in [1.54, 1.807) is 6.20 Å². The van der Waals surface area contributed by atoms with Crippen molar-refractivity contribution >= 4 is 26.7 Å². The lowest BCUT2D eigenvalue weighted by atomic mass is 9.99. The van der Waals surface area contributed by atoms with Crippen LogP contribution in [0.4, 0.5) is 0 Å². The maximum Gasteiger partial charge on any atom is 0.107 e. The molecule has 102 valence electrons. The van der Waals surface area contributed by atoms with Crippen LogP contribution in [0.25, 0.3) is 10.8 Å². The molecule has 2 N–H and O–H groups in total. The van der Waals surface area contributed by atoms with Crippen molar-refractivity contribution in [2.75, 3.05) is 7.05 Å². The molecule has 0 spiro atoms. The quantitative estimate of drug-likeness (QED) is 0.763. The molecular formula is C16H16BrN3. The van der Waals surface area contributed by atoms with Crippen molar-refractivity contribution in [1.82, 2.24) is 15.3 Å². The van der Waals surface area contributed by atoms with Crippen LogP contribution in [-0.2, 0) is 6.42 Å². The smallest absolute Gasteiger partial charge is 0.107 e. The molecule has 1 unspecified atom stereocenters. The van der Waals surface area contributed by atoms with Crippen molar-refractivity contribution in [1.29, 1.82) is 0 Å². The molecule has 3 aromatic rings. The van der Waals surface area contributed by atoms with Crippen LogP contribution in [0.15, 0.2) is 53.3 Å². The number of hydrogen-bond acceptors (Lipinski definition) is 2. The van der Waals surface area contributed by atoms with Crippen LogP contribution in [0.1, 0.15) is 17.4 Å². The Morgan fingerprint density at radius 2 is 2.00 bits per heavy atom. The van der Waals surface area contributed by atoms with Gasteiger partial charge in [0, 0.05) is 29.3 Å². The number of likely N-dealkylation sites (N-methyl/N-ethyl adjacent to an activating group) is 1. The van der Waals surface area contributed by atoms with Gasteiger partial charge in [-0.1, -0.05) is 34.1 Å². The summed E-state index contributed by atoms with van der Waals surface area (Å²) in [5.41, 5.74) is 1.28. The number of nitrogens with one attached hydrogen (secondary N) is 2. The number of benzene rings is 2. The van der Waals surface area contributed by atoms with Gasteiger partial charge in [-0.3, -0.25) is 0 Å². The molecule has 0 radical (unpaired) electrons. The van der Waals surface area contributed by atoms with Crippen molar-refractivity contribution in [3.63, 3.8) is 0 Å². The zero-order valence-electron chi connectivity index (χ0n) is 11.2. The van der Waals surface area contributed by atoms with Crippen LogP contribution in [0.5, 0.6) is 0 Å². The summed E-state index contributed by atoms with van der Waals surface area (Å²) in [6, 6.07) is 13.2. The summed E-state index contributed by atoms with van der Waals surface area (Å²) in [4.78, 5) is 7.46. The summed E-state index contributed by atoms with van der Waals surface area (Å²) in [6.45, 7) is 0. The van der Waals surface area contributed by atoms with E-state index in [2.05, 4.69) is 67.6 Å². The van der Waals surface area contributed by atoms with E-state index in [4.69, 9.17) is 0 Å². The summed E-state index contributed by atoms with van der Waals surface area (Å²) in [5, 5.41) is 5.86. The number of halogens is 1. The zero-order chi connectivity index (χ0) is 13.9. The van der Waals surface area contributed by atoms with Crippen molar-refractivity contribution in [2.24, 2.45) is 0 Å². The molecule has 3 nitrogen and oxygen atoms in total. The van der Waals surface area contributed by atoms with Crippen LogP contribution < -0.4 is 5.32 Å². The minimum absolute atomic E-state index is 0.259. The maximum absolute atomic E-state index is 4.30. The van der Waals surface area contributed by atoms with Crippen LogP contribution in [-0.4, -0.2) is 17.0 Å². The fraction of sp³-hybridized carbons (Fsp3) is 0.188. The molecular weight excluding hydrogens is 314 g/mol. The SMILES string of the molecule is CNC(Cc1ncc[nH]1)c1ccc2cc(Br)ccc2c1. The highest BCUT2D eigenvalue weighted by atomic mass is 79.9. The van der Waals surface area contributed by atoms with Gasteiger partial charge in [0.05, 0.1) is 0 Å². The first-order valence-corrected chi connectivity index (χ1v) is 7.40. The monoisotopic (exact) mass is 329 g/mol. The van der Waals surface area contributed by atoms with Gasteiger partial charge in [-0.25, -0.2) is 4.98 Å². The van der Waals surface area contributed by atoms with Gasteiger partial charge in [-0.15, -0.1) is 0 Å². The van der Waals surface area contributed by atoms with Crippen molar-refractivity contribution in [3.8, 4) is 0 Å². The molecule has 1 heterocycles. The van der Waals surface area contributed by atoms with E-state index in [-0.39, 0.29) is 6.04 Å². The molecule has 0 fully saturated rings. The summed E-state index contributed by atoms with van der Waals surface area (Å²) < 4.78 is 1.11. The number of imidazole rings is 1. The minimum Gasteiger partial charge on any atom is -0.349 e. The lowest BCUT2D eigenvalue weighted by Gasteiger charge is -2.16. The van der Waals surface area contributed by atoms with Crippen LogP contribution >= 0.6 is 15.9 Å². The Kier molecular flexibility index (Phi) is 3.85. The van der Waals surface area contributed by atoms with Gasteiger partial charge in [-0.05, 0) is 41.6 Å². The van der Waals surface area contributed by atoms with Gasteiger partial charge in [0.15, 0.2) is 0 Å². The number of rotatable bonds is 4. The van der Waals surface area contributed by atoms with E-state index in [0.717, 1.165) is 16.7 Å². The summed E-state index contributed by atoms with van der Waals surface area (Å²) in [5.74, 6) is 1.00.